The zero-order valence-corrected chi connectivity index (χ0v) is 13.9. The van der Waals surface area contributed by atoms with Gasteiger partial charge >= 0.3 is 5.97 Å². The molecular weight excluding hydrogens is 306 g/mol. The highest BCUT2D eigenvalue weighted by atomic mass is 35.5. The number of nitrogens with zero attached hydrogens (tertiary/aromatic N) is 1. The fourth-order valence-electron chi connectivity index (χ4n) is 2.28. The lowest BCUT2D eigenvalue weighted by atomic mass is 10.2. The lowest BCUT2D eigenvalue weighted by Crippen LogP contribution is -2.38. The molecule has 0 spiro atoms. The lowest BCUT2D eigenvalue weighted by Gasteiger charge is -2.23. The maximum absolute atomic E-state index is 12.1. The van der Waals surface area contributed by atoms with Gasteiger partial charge in [-0.25, -0.2) is 4.79 Å². The maximum Gasteiger partial charge on any atom is 0.356 e. The highest BCUT2D eigenvalue weighted by molar-refractivity contribution is 6.30. The Hall–Kier alpha value is -1.30. The molecule has 2 rings (SSSR count). The summed E-state index contributed by atoms with van der Waals surface area (Å²) in [5, 5.41) is 0.649. The summed E-state index contributed by atoms with van der Waals surface area (Å²) in [5.41, 5.74) is 0.870. The molecular formula is C16H22ClNO4. The molecule has 1 unspecified atom stereocenters. The third kappa shape index (κ3) is 4.35. The van der Waals surface area contributed by atoms with E-state index in [0.29, 0.717) is 24.8 Å². The first-order valence-electron chi connectivity index (χ1n) is 7.47. The molecule has 0 bridgehead atoms. The molecule has 1 heterocycles. The minimum atomic E-state index is -0.748. The summed E-state index contributed by atoms with van der Waals surface area (Å²) in [4.78, 5) is 14.0. The van der Waals surface area contributed by atoms with Crippen LogP contribution < -0.4 is 4.90 Å². The monoisotopic (exact) mass is 327 g/mol. The topological polar surface area (TPSA) is 48.0 Å². The smallest absolute Gasteiger partial charge is 0.356 e. The number of hydrogen-bond acceptors (Lipinski definition) is 5. The molecule has 122 valence electrons. The molecule has 0 amide bonds. The van der Waals surface area contributed by atoms with E-state index in [1.807, 2.05) is 30.9 Å². The van der Waals surface area contributed by atoms with E-state index in [-0.39, 0.29) is 18.2 Å². The van der Waals surface area contributed by atoms with Crippen molar-refractivity contribution >= 4 is 23.3 Å². The number of carbonyl (C=O) groups is 1. The summed E-state index contributed by atoms with van der Waals surface area (Å²) in [7, 11) is 0. The van der Waals surface area contributed by atoms with Crippen LogP contribution in [0.1, 0.15) is 20.8 Å². The molecule has 1 aliphatic rings. The average Bonchev–Trinajstić information content (AvgIpc) is 2.90. The molecule has 1 aliphatic heterocycles. The van der Waals surface area contributed by atoms with Crippen molar-refractivity contribution in [3.05, 3.63) is 29.3 Å². The molecule has 2 atom stereocenters. The number of anilines is 1. The third-order valence-corrected chi connectivity index (χ3v) is 3.52. The molecule has 0 aromatic heterocycles. The summed E-state index contributed by atoms with van der Waals surface area (Å²) >= 11 is 5.92. The second kappa shape index (κ2) is 7.81. The summed E-state index contributed by atoms with van der Waals surface area (Å²) < 4.78 is 16.5. The van der Waals surface area contributed by atoms with Gasteiger partial charge in [0.25, 0.3) is 0 Å². The number of hydrogen-bond donors (Lipinski definition) is 0. The van der Waals surface area contributed by atoms with E-state index in [1.54, 1.807) is 19.1 Å². The van der Waals surface area contributed by atoms with Gasteiger partial charge in [0, 0.05) is 17.3 Å². The fourth-order valence-corrected chi connectivity index (χ4v) is 2.40. The molecule has 22 heavy (non-hydrogen) atoms. The summed E-state index contributed by atoms with van der Waals surface area (Å²) in [6.07, 6.45) is -0.802. The van der Waals surface area contributed by atoms with Crippen LogP contribution in [0.25, 0.3) is 0 Å². The standard InChI is InChI=1S/C16H22ClNO4/c1-4-20-16(19)15-18(13-7-5-12(17)6-8-13)9-14(22-15)10-21-11(2)3/h5-8,11,14-15H,4,9-10H2,1-3H3/t14-,15?/m0/s1. The van der Waals surface area contributed by atoms with Crippen molar-refractivity contribution in [2.75, 3.05) is 24.7 Å². The van der Waals surface area contributed by atoms with Gasteiger partial charge in [-0.1, -0.05) is 11.6 Å². The highest BCUT2D eigenvalue weighted by Crippen LogP contribution is 2.27. The summed E-state index contributed by atoms with van der Waals surface area (Å²) in [6.45, 7) is 7.04. The first-order chi connectivity index (χ1) is 10.5. The van der Waals surface area contributed by atoms with Crippen LogP contribution in [-0.2, 0) is 19.0 Å². The summed E-state index contributed by atoms with van der Waals surface area (Å²) in [5.74, 6) is -0.385. The molecule has 0 aliphatic carbocycles. The first kappa shape index (κ1) is 17.1. The van der Waals surface area contributed by atoms with Crippen LogP contribution in [0.15, 0.2) is 24.3 Å². The first-order valence-corrected chi connectivity index (χ1v) is 7.85. The Morgan fingerprint density at radius 1 is 1.41 bits per heavy atom. The van der Waals surface area contributed by atoms with E-state index < -0.39 is 6.23 Å². The molecule has 0 N–H and O–H groups in total. The average molecular weight is 328 g/mol. The summed E-state index contributed by atoms with van der Waals surface area (Å²) in [6, 6.07) is 7.31. The van der Waals surface area contributed by atoms with E-state index in [9.17, 15) is 4.79 Å². The molecule has 1 aromatic rings. The number of esters is 1. The quantitative estimate of drug-likeness (QED) is 0.752. The largest absolute Gasteiger partial charge is 0.463 e. The second-order valence-electron chi connectivity index (χ2n) is 5.37. The fraction of sp³-hybridized carbons (Fsp3) is 0.562. The lowest BCUT2D eigenvalue weighted by molar-refractivity contribution is -0.156. The van der Waals surface area contributed by atoms with Gasteiger partial charge in [0.2, 0.25) is 6.23 Å². The predicted molar refractivity (Wildman–Crippen MR) is 85.2 cm³/mol. The van der Waals surface area contributed by atoms with Crippen LogP contribution in [0.2, 0.25) is 5.02 Å². The Balaban J connectivity index is 2.12. The van der Waals surface area contributed by atoms with Crippen LogP contribution in [0.3, 0.4) is 0 Å². The molecule has 0 saturated carbocycles. The Morgan fingerprint density at radius 2 is 2.09 bits per heavy atom. The predicted octanol–water partition coefficient (Wildman–Crippen LogP) is 2.86. The van der Waals surface area contributed by atoms with Crippen LogP contribution in [0, 0.1) is 0 Å². The van der Waals surface area contributed by atoms with Crippen LogP contribution >= 0.6 is 11.6 Å². The zero-order valence-electron chi connectivity index (χ0n) is 13.1. The van der Waals surface area contributed by atoms with Crippen LogP contribution in [-0.4, -0.2) is 44.2 Å². The van der Waals surface area contributed by atoms with Crippen molar-refractivity contribution in [2.24, 2.45) is 0 Å². The Labute approximate surface area is 136 Å². The number of rotatable bonds is 6. The van der Waals surface area contributed by atoms with Gasteiger partial charge in [0.15, 0.2) is 0 Å². The SMILES string of the molecule is CCOC(=O)C1O[C@H](COC(C)C)CN1c1ccc(Cl)cc1. The van der Waals surface area contributed by atoms with Crippen molar-refractivity contribution < 1.29 is 19.0 Å². The highest BCUT2D eigenvalue weighted by Gasteiger charge is 2.39. The molecule has 5 nitrogen and oxygen atoms in total. The maximum atomic E-state index is 12.1. The van der Waals surface area contributed by atoms with Crippen molar-refractivity contribution in [3.63, 3.8) is 0 Å². The number of ether oxygens (including phenoxy) is 3. The van der Waals surface area contributed by atoms with E-state index in [2.05, 4.69) is 0 Å². The van der Waals surface area contributed by atoms with E-state index >= 15 is 0 Å². The van der Waals surface area contributed by atoms with Crippen molar-refractivity contribution in [1.29, 1.82) is 0 Å². The normalized spacial score (nSPS) is 21.4. The third-order valence-electron chi connectivity index (χ3n) is 3.27. The number of carbonyl (C=O) groups excluding carboxylic acids is 1. The number of halogens is 1. The van der Waals surface area contributed by atoms with Crippen LogP contribution in [0.4, 0.5) is 5.69 Å². The second-order valence-corrected chi connectivity index (χ2v) is 5.81. The van der Waals surface area contributed by atoms with Crippen LogP contribution in [0.5, 0.6) is 0 Å². The van der Waals surface area contributed by atoms with E-state index in [0.717, 1.165) is 5.69 Å². The van der Waals surface area contributed by atoms with Gasteiger partial charge in [-0.05, 0) is 45.0 Å². The van der Waals surface area contributed by atoms with Gasteiger partial charge in [-0.2, -0.15) is 0 Å². The van der Waals surface area contributed by atoms with Gasteiger partial charge < -0.3 is 19.1 Å². The van der Waals surface area contributed by atoms with E-state index in [1.165, 1.54) is 0 Å². The van der Waals surface area contributed by atoms with Gasteiger partial charge in [-0.15, -0.1) is 0 Å². The van der Waals surface area contributed by atoms with Crippen molar-refractivity contribution in [1.82, 2.24) is 0 Å². The minimum absolute atomic E-state index is 0.120. The molecule has 1 saturated heterocycles. The van der Waals surface area contributed by atoms with Crippen molar-refractivity contribution in [3.8, 4) is 0 Å². The van der Waals surface area contributed by atoms with E-state index in [4.69, 9.17) is 25.8 Å². The van der Waals surface area contributed by atoms with Gasteiger partial charge in [-0.3, -0.25) is 0 Å². The molecule has 0 radical (unpaired) electrons. The van der Waals surface area contributed by atoms with Crippen molar-refractivity contribution in [2.45, 2.75) is 39.2 Å². The Morgan fingerprint density at radius 3 is 2.68 bits per heavy atom. The molecule has 1 aromatic carbocycles. The number of benzene rings is 1. The zero-order chi connectivity index (χ0) is 16.1. The van der Waals surface area contributed by atoms with Gasteiger partial charge in [0.05, 0.1) is 19.3 Å². The van der Waals surface area contributed by atoms with Gasteiger partial charge in [0.1, 0.15) is 6.10 Å². The Bertz CT molecular complexity index is 491. The molecule has 1 fully saturated rings. The Kier molecular flexibility index (Phi) is 6.06. The minimum Gasteiger partial charge on any atom is -0.463 e. The molecule has 6 heteroatoms.